The van der Waals surface area contributed by atoms with Crippen molar-refractivity contribution in [3.05, 3.63) is 34.9 Å². The largest absolute Gasteiger partial charge is 0.313 e. The summed E-state index contributed by atoms with van der Waals surface area (Å²) in [6, 6.07) is 9.51. The maximum atomic E-state index is 6.08. The third-order valence-corrected chi connectivity index (χ3v) is 4.22. The third kappa shape index (κ3) is 4.48. The van der Waals surface area contributed by atoms with E-state index in [-0.39, 0.29) is 0 Å². The van der Waals surface area contributed by atoms with Crippen LogP contribution in [-0.4, -0.2) is 30.1 Å². The van der Waals surface area contributed by atoms with Gasteiger partial charge >= 0.3 is 0 Å². The Kier molecular flexibility index (Phi) is 5.68. The van der Waals surface area contributed by atoms with Gasteiger partial charge in [-0.1, -0.05) is 37.1 Å². The molecule has 106 valence electrons. The summed E-state index contributed by atoms with van der Waals surface area (Å²) in [5, 5.41) is 4.51. The van der Waals surface area contributed by atoms with Crippen molar-refractivity contribution in [2.75, 3.05) is 13.1 Å². The summed E-state index contributed by atoms with van der Waals surface area (Å²) in [6.07, 6.45) is 3.73. The van der Waals surface area contributed by atoms with Crippen molar-refractivity contribution in [1.29, 1.82) is 0 Å². The first-order chi connectivity index (χ1) is 9.19. The number of halogens is 1. The lowest BCUT2D eigenvalue weighted by atomic mass is 10.1. The molecule has 0 spiro atoms. The zero-order chi connectivity index (χ0) is 13.7. The maximum absolute atomic E-state index is 6.08. The standard InChI is InChI=1S/C16H25ClN2/c1-3-5-16-12-19(13(2)8-9-18-16)11-14-6-4-7-15(17)10-14/h4,6-7,10,13,16,18H,3,5,8-9,11-12H2,1-2H3. The van der Waals surface area contributed by atoms with Gasteiger partial charge in [0.05, 0.1) is 0 Å². The molecule has 0 aliphatic carbocycles. The van der Waals surface area contributed by atoms with Gasteiger partial charge in [-0.2, -0.15) is 0 Å². The summed E-state index contributed by atoms with van der Waals surface area (Å²) in [5.41, 5.74) is 1.32. The van der Waals surface area contributed by atoms with E-state index in [4.69, 9.17) is 11.6 Å². The summed E-state index contributed by atoms with van der Waals surface area (Å²) >= 11 is 6.08. The Labute approximate surface area is 122 Å². The van der Waals surface area contributed by atoms with Crippen LogP contribution in [0, 0.1) is 0 Å². The highest BCUT2D eigenvalue weighted by Crippen LogP contribution is 2.17. The van der Waals surface area contributed by atoms with E-state index >= 15 is 0 Å². The minimum atomic E-state index is 0.633. The molecule has 0 saturated carbocycles. The molecule has 1 aliphatic rings. The van der Waals surface area contributed by atoms with Crippen LogP contribution in [0.1, 0.15) is 38.7 Å². The van der Waals surface area contributed by atoms with Crippen molar-refractivity contribution in [3.8, 4) is 0 Å². The molecule has 1 fully saturated rings. The summed E-state index contributed by atoms with van der Waals surface area (Å²) < 4.78 is 0. The number of rotatable bonds is 4. The second-order valence-electron chi connectivity index (χ2n) is 5.64. The Balaban J connectivity index is 2.02. The second-order valence-corrected chi connectivity index (χ2v) is 6.07. The van der Waals surface area contributed by atoms with Crippen molar-refractivity contribution in [2.24, 2.45) is 0 Å². The van der Waals surface area contributed by atoms with Crippen molar-refractivity contribution in [3.63, 3.8) is 0 Å². The van der Waals surface area contributed by atoms with Gasteiger partial charge < -0.3 is 5.32 Å². The fourth-order valence-corrected chi connectivity index (χ4v) is 3.05. The first-order valence-electron chi connectivity index (χ1n) is 7.41. The second kappa shape index (κ2) is 7.28. The first kappa shape index (κ1) is 14.8. The molecule has 2 unspecified atom stereocenters. The van der Waals surface area contributed by atoms with E-state index in [0.717, 1.165) is 24.7 Å². The number of nitrogens with zero attached hydrogens (tertiary/aromatic N) is 1. The SMILES string of the molecule is CCCC1CN(Cc2cccc(Cl)c2)C(C)CCN1. The summed E-state index contributed by atoms with van der Waals surface area (Å²) in [7, 11) is 0. The lowest BCUT2D eigenvalue weighted by Crippen LogP contribution is -2.39. The van der Waals surface area contributed by atoms with Gasteiger partial charge in [-0.05, 0) is 44.0 Å². The molecule has 1 aromatic carbocycles. The molecule has 19 heavy (non-hydrogen) atoms. The van der Waals surface area contributed by atoms with E-state index in [0.29, 0.717) is 12.1 Å². The molecule has 2 atom stereocenters. The molecule has 0 aromatic heterocycles. The van der Waals surface area contributed by atoms with Crippen LogP contribution in [0.4, 0.5) is 0 Å². The van der Waals surface area contributed by atoms with Crippen molar-refractivity contribution in [2.45, 2.75) is 51.7 Å². The average molecular weight is 281 g/mol. The Morgan fingerprint density at radius 1 is 1.42 bits per heavy atom. The van der Waals surface area contributed by atoms with Crippen molar-refractivity contribution < 1.29 is 0 Å². The molecule has 0 bridgehead atoms. The number of hydrogen-bond donors (Lipinski definition) is 1. The normalized spacial score (nSPS) is 25.2. The molecule has 1 aliphatic heterocycles. The lowest BCUT2D eigenvalue weighted by molar-refractivity contribution is 0.193. The highest BCUT2D eigenvalue weighted by atomic mass is 35.5. The van der Waals surface area contributed by atoms with Crippen LogP contribution < -0.4 is 5.32 Å². The van der Waals surface area contributed by atoms with E-state index < -0.39 is 0 Å². The predicted molar refractivity (Wildman–Crippen MR) is 82.6 cm³/mol. The summed E-state index contributed by atoms with van der Waals surface area (Å²) in [4.78, 5) is 2.59. The molecule has 3 heteroatoms. The molecule has 0 radical (unpaired) electrons. The monoisotopic (exact) mass is 280 g/mol. The van der Waals surface area contributed by atoms with Gasteiger partial charge in [0.2, 0.25) is 0 Å². The Morgan fingerprint density at radius 3 is 3.00 bits per heavy atom. The minimum Gasteiger partial charge on any atom is -0.313 e. The van der Waals surface area contributed by atoms with Crippen LogP contribution in [0.3, 0.4) is 0 Å². The topological polar surface area (TPSA) is 15.3 Å². The number of nitrogens with one attached hydrogen (secondary N) is 1. The molecular weight excluding hydrogens is 256 g/mol. The lowest BCUT2D eigenvalue weighted by Gasteiger charge is -2.29. The van der Waals surface area contributed by atoms with Gasteiger partial charge in [-0.25, -0.2) is 0 Å². The predicted octanol–water partition coefficient (Wildman–Crippen LogP) is 3.69. The van der Waals surface area contributed by atoms with Crippen LogP contribution in [0.5, 0.6) is 0 Å². The number of benzene rings is 1. The maximum Gasteiger partial charge on any atom is 0.0409 e. The zero-order valence-electron chi connectivity index (χ0n) is 12.0. The number of hydrogen-bond acceptors (Lipinski definition) is 2. The molecular formula is C16H25ClN2. The van der Waals surface area contributed by atoms with E-state index in [9.17, 15) is 0 Å². The van der Waals surface area contributed by atoms with Gasteiger partial charge in [0.25, 0.3) is 0 Å². The van der Waals surface area contributed by atoms with Gasteiger partial charge in [-0.15, -0.1) is 0 Å². The molecule has 0 amide bonds. The fraction of sp³-hybridized carbons (Fsp3) is 0.625. The molecule has 2 nitrogen and oxygen atoms in total. The van der Waals surface area contributed by atoms with E-state index in [1.54, 1.807) is 0 Å². The minimum absolute atomic E-state index is 0.633. The van der Waals surface area contributed by atoms with Crippen LogP contribution in [-0.2, 0) is 6.54 Å². The van der Waals surface area contributed by atoms with Gasteiger partial charge in [-0.3, -0.25) is 4.90 Å². The highest BCUT2D eigenvalue weighted by molar-refractivity contribution is 6.30. The van der Waals surface area contributed by atoms with Crippen molar-refractivity contribution in [1.82, 2.24) is 10.2 Å². The van der Waals surface area contributed by atoms with E-state index in [1.807, 2.05) is 12.1 Å². The van der Waals surface area contributed by atoms with Gasteiger partial charge in [0.15, 0.2) is 0 Å². The van der Waals surface area contributed by atoms with E-state index in [1.165, 1.54) is 24.8 Å². The first-order valence-corrected chi connectivity index (χ1v) is 7.78. The Bertz CT molecular complexity index is 394. The van der Waals surface area contributed by atoms with E-state index in [2.05, 4.69) is 36.2 Å². The molecule has 1 saturated heterocycles. The van der Waals surface area contributed by atoms with Crippen LogP contribution in [0.2, 0.25) is 5.02 Å². The summed E-state index contributed by atoms with van der Waals surface area (Å²) in [6.45, 7) is 7.88. The van der Waals surface area contributed by atoms with Crippen LogP contribution >= 0.6 is 11.6 Å². The average Bonchev–Trinajstić information content (AvgIpc) is 2.53. The quantitative estimate of drug-likeness (QED) is 0.905. The molecule has 1 N–H and O–H groups in total. The van der Waals surface area contributed by atoms with Gasteiger partial charge in [0.1, 0.15) is 0 Å². The van der Waals surface area contributed by atoms with Crippen molar-refractivity contribution >= 4 is 11.6 Å². The van der Waals surface area contributed by atoms with Crippen LogP contribution in [0.15, 0.2) is 24.3 Å². The summed E-state index contributed by atoms with van der Waals surface area (Å²) in [5.74, 6) is 0. The van der Waals surface area contributed by atoms with Crippen LogP contribution in [0.25, 0.3) is 0 Å². The molecule has 1 heterocycles. The smallest absolute Gasteiger partial charge is 0.0409 e. The third-order valence-electron chi connectivity index (χ3n) is 3.99. The van der Waals surface area contributed by atoms with Gasteiger partial charge in [0, 0.05) is 30.2 Å². The molecule has 1 aromatic rings. The zero-order valence-corrected chi connectivity index (χ0v) is 12.8. The Hall–Kier alpha value is -0.570. The molecule has 2 rings (SSSR count). The Morgan fingerprint density at radius 2 is 2.26 bits per heavy atom. The highest BCUT2D eigenvalue weighted by Gasteiger charge is 2.22. The fourth-order valence-electron chi connectivity index (χ4n) is 2.84.